The zero-order chi connectivity index (χ0) is 6.85. The summed E-state index contributed by atoms with van der Waals surface area (Å²) in [6.45, 7) is 2.29. The molecule has 9 heavy (non-hydrogen) atoms. The summed E-state index contributed by atoms with van der Waals surface area (Å²) in [5.41, 5.74) is 0. The molecule has 54 valence electrons. The van der Waals surface area contributed by atoms with Gasteiger partial charge in [-0.3, -0.25) is 0 Å². The van der Waals surface area contributed by atoms with Gasteiger partial charge >= 0.3 is 0 Å². The Balaban J connectivity index is 2.35. The van der Waals surface area contributed by atoms with Gasteiger partial charge in [0.15, 0.2) is 0 Å². The highest BCUT2D eigenvalue weighted by molar-refractivity contribution is 7.85. The molecule has 1 rings (SSSR count). The first-order valence-electron chi connectivity index (χ1n) is 3.56. The van der Waals surface area contributed by atoms with Crippen LogP contribution < -0.4 is 0 Å². The van der Waals surface area contributed by atoms with Crippen LogP contribution in [0.2, 0.25) is 0 Å². The molecule has 0 aromatic carbocycles. The Bertz CT molecular complexity index is 92.9. The van der Waals surface area contributed by atoms with E-state index in [-0.39, 0.29) is 0 Å². The zero-order valence-electron chi connectivity index (χ0n) is 5.75. The smallest absolute Gasteiger partial charge is 0.0136 e. The van der Waals surface area contributed by atoms with E-state index in [1.807, 2.05) is 0 Å². The highest BCUT2D eigenvalue weighted by Crippen LogP contribution is 2.30. The molecule has 1 saturated carbocycles. The van der Waals surface area contributed by atoms with Gasteiger partial charge in [0.05, 0.1) is 0 Å². The van der Waals surface area contributed by atoms with Crippen molar-refractivity contribution in [1.82, 2.24) is 0 Å². The average Bonchev–Trinajstić information content (AvgIpc) is 1.80. The van der Waals surface area contributed by atoms with Crippen molar-refractivity contribution >= 4 is 25.3 Å². The van der Waals surface area contributed by atoms with Gasteiger partial charge in [-0.05, 0) is 25.2 Å². The number of thiol groups is 2. The van der Waals surface area contributed by atoms with Crippen molar-refractivity contribution in [3.05, 3.63) is 0 Å². The Kier molecular flexibility index (Phi) is 2.77. The maximum Gasteiger partial charge on any atom is 0.0136 e. The minimum atomic E-state index is 0.539. The number of hydrogen-bond donors (Lipinski definition) is 2. The van der Waals surface area contributed by atoms with Crippen molar-refractivity contribution in [3.63, 3.8) is 0 Å². The van der Waals surface area contributed by atoms with Crippen LogP contribution in [-0.4, -0.2) is 10.5 Å². The second kappa shape index (κ2) is 3.20. The van der Waals surface area contributed by atoms with Crippen LogP contribution >= 0.6 is 25.3 Å². The van der Waals surface area contributed by atoms with Crippen LogP contribution in [0.5, 0.6) is 0 Å². The summed E-state index contributed by atoms with van der Waals surface area (Å²) in [6.07, 6.45) is 3.83. The van der Waals surface area contributed by atoms with Crippen LogP contribution in [0.3, 0.4) is 0 Å². The Morgan fingerprint density at radius 2 is 1.78 bits per heavy atom. The normalized spacial score (nSPS) is 45.0. The molecule has 0 amide bonds. The van der Waals surface area contributed by atoms with E-state index in [0.717, 1.165) is 5.92 Å². The van der Waals surface area contributed by atoms with Gasteiger partial charge in [0.25, 0.3) is 0 Å². The molecule has 0 aliphatic heterocycles. The van der Waals surface area contributed by atoms with Crippen molar-refractivity contribution < 1.29 is 0 Å². The fourth-order valence-corrected chi connectivity index (χ4v) is 2.11. The van der Waals surface area contributed by atoms with Gasteiger partial charge in [-0.1, -0.05) is 6.92 Å². The third-order valence-electron chi connectivity index (χ3n) is 2.04. The maximum absolute atomic E-state index is 4.44. The third-order valence-corrected chi connectivity index (χ3v) is 3.47. The highest BCUT2D eigenvalue weighted by atomic mass is 32.1. The molecule has 0 spiro atoms. The van der Waals surface area contributed by atoms with Crippen LogP contribution in [0.4, 0.5) is 0 Å². The molecule has 3 atom stereocenters. The summed E-state index contributed by atoms with van der Waals surface area (Å²) < 4.78 is 0. The van der Waals surface area contributed by atoms with E-state index >= 15 is 0 Å². The molecule has 0 saturated heterocycles. The van der Waals surface area contributed by atoms with E-state index in [9.17, 15) is 0 Å². The van der Waals surface area contributed by atoms with Crippen LogP contribution in [0.25, 0.3) is 0 Å². The standard InChI is InChI=1S/C7H14S2/c1-5-2-3-6(8)7(9)4-5/h5-9H,2-4H2,1H3. The largest absolute Gasteiger partial charge is 0.175 e. The highest BCUT2D eigenvalue weighted by Gasteiger charge is 2.22. The Morgan fingerprint density at radius 1 is 1.11 bits per heavy atom. The summed E-state index contributed by atoms with van der Waals surface area (Å²) in [5.74, 6) is 0.871. The van der Waals surface area contributed by atoms with Gasteiger partial charge in [0.1, 0.15) is 0 Å². The molecule has 1 fully saturated rings. The predicted molar refractivity (Wildman–Crippen MR) is 48.6 cm³/mol. The fraction of sp³-hybridized carbons (Fsp3) is 1.00. The second-order valence-corrected chi connectivity index (χ2v) is 4.38. The first-order valence-corrected chi connectivity index (χ1v) is 4.59. The number of rotatable bonds is 0. The maximum atomic E-state index is 4.44. The second-order valence-electron chi connectivity index (χ2n) is 3.05. The van der Waals surface area contributed by atoms with Crippen molar-refractivity contribution in [2.24, 2.45) is 5.92 Å². The van der Waals surface area contributed by atoms with Crippen molar-refractivity contribution in [2.45, 2.75) is 36.7 Å². The molecule has 2 heteroatoms. The minimum Gasteiger partial charge on any atom is -0.175 e. The molecule has 0 heterocycles. The zero-order valence-corrected chi connectivity index (χ0v) is 7.54. The van der Waals surface area contributed by atoms with Crippen LogP contribution in [-0.2, 0) is 0 Å². The Morgan fingerprint density at radius 3 is 2.22 bits per heavy atom. The summed E-state index contributed by atoms with van der Waals surface area (Å²) >= 11 is 8.86. The SMILES string of the molecule is CC1CCC(S)C(S)C1. The molecule has 1 aliphatic carbocycles. The summed E-state index contributed by atoms with van der Waals surface area (Å²) in [4.78, 5) is 0. The topological polar surface area (TPSA) is 0 Å². The average molecular weight is 162 g/mol. The lowest BCUT2D eigenvalue weighted by atomic mass is 9.90. The molecule has 0 bridgehead atoms. The van der Waals surface area contributed by atoms with Gasteiger partial charge in [-0.25, -0.2) is 0 Å². The molecular weight excluding hydrogens is 148 g/mol. The van der Waals surface area contributed by atoms with Gasteiger partial charge in [0.2, 0.25) is 0 Å². The minimum absolute atomic E-state index is 0.539. The number of hydrogen-bond acceptors (Lipinski definition) is 2. The molecule has 1 aliphatic rings. The molecule has 3 unspecified atom stereocenters. The van der Waals surface area contributed by atoms with Gasteiger partial charge in [-0.15, -0.1) is 0 Å². The Hall–Kier alpha value is 0.700. The van der Waals surface area contributed by atoms with Crippen LogP contribution in [0.1, 0.15) is 26.2 Å². The lowest BCUT2D eigenvalue weighted by Crippen LogP contribution is -2.24. The van der Waals surface area contributed by atoms with E-state index in [4.69, 9.17) is 0 Å². The van der Waals surface area contributed by atoms with Crippen molar-refractivity contribution in [1.29, 1.82) is 0 Å². The summed E-state index contributed by atoms with van der Waals surface area (Å²) in [5, 5.41) is 1.08. The molecular formula is C7H14S2. The third kappa shape index (κ3) is 2.08. The van der Waals surface area contributed by atoms with E-state index in [1.165, 1.54) is 19.3 Å². The lowest BCUT2D eigenvalue weighted by molar-refractivity contribution is 0.404. The molecule has 0 N–H and O–H groups in total. The van der Waals surface area contributed by atoms with E-state index in [0.29, 0.717) is 10.5 Å². The monoisotopic (exact) mass is 162 g/mol. The molecule has 0 aromatic heterocycles. The van der Waals surface area contributed by atoms with E-state index in [1.54, 1.807) is 0 Å². The van der Waals surface area contributed by atoms with Crippen LogP contribution in [0.15, 0.2) is 0 Å². The van der Waals surface area contributed by atoms with Crippen LogP contribution in [0, 0.1) is 5.92 Å². The van der Waals surface area contributed by atoms with Gasteiger partial charge < -0.3 is 0 Å². The van der Waals surface area contributed by atoms with Crippen molar-refractivity contribution in [2.75, 3.05) is 0 Å². The molecule has 0 radical (unpaired) electrons. The summed E-state index contributed by atoms with van der Waals surface area (Å²) in [6, 6.07) is 0. The van der Waals surface area contributed by atoms with Crippen molar-refractivity contribution in [3.8, 4) is 0 Å². The first-order chi connectivity index (χ1) is 4.20. The Labute approximate surface area is 68.2 Å². The first kappa shape index (κ1) is 7.80. The fourth-order valence-electron chi connectivity index (χ4n) is 1.33. The van der Waals surface area contributed by atoms with E-state index in [2.05, 4.69) is 32.2 Å². The predicted octanol–water partition coefficient (Wildman–Crippen LogP) is 2.40. The quantitative estimate of drug-likeness (QED) is 0.502. The summed E-state index contributed by atoms with van der Waals surface area (Å²) in [7, 11) is 0. The van der Waals surface area contributed by atoms with Gasteiger partial charge in [-0.2, -0.15) is 25.3 Å². The molecule has 0 aromatic rings. The molecule has 0 nitrogen and oxygen atoms in total. The van der Waals surface area contributed by atoms with Gasteiger partial charge in [0, 0.05) is 10.5 Å². The lowest BCUT2D eigenvalue weighted by Gasteiger charge is -2.28. The van der Waals surface area contributed by atoms with E-state index < -0.39 is 0 Å².